The van der Waals surface area contributed by atoms with Crippen molar-refractivity contribution in [2.24, 2.45) is 0 Å². The van der Waals surface area contributed by atoms with Crippen LogP contribution in [0.2, 0.25) is 0 Å². The Morgan fingerprint density at radius 3 is 1.83 bits per heavy atom. The highest BCUT2D eigenvalue weighted by Crippen LogP contribution is 2.24. The summed E-state index contributed by atoms with van der Waals surface area (Å²) < 4.78 is 24.4. The summed E-state index contributed by atoms with van der Waals surface area (Å²) in [5, 5.41) is 0. The number of halogens is 1. The van der Waals surface area contributed by atoms with Crippen LogP contribution in [0.15, 0.2) is 66.7 Å². The average molecular weight is 577 g/mol. The van der Waals surface area contributed by atoms with Gasteiger partial charge >= 0.3 is 11.9 Å². The maximum Gasteiger partial charge on any atom is 0.343 e. The van der Waals surface area contributed by atoms with E-state index >= 15 is 0 Å². The van der Waals surface area contributed by atoms with Crippen molar-refractivity contribution in [1.29, 1.82) is 0 Å². The lowest BCUT2D eigenvalue weighted by atomic mass is 10.0. The zero-order valence-electron chi connectivity index (χ0n) is 25.3. The molecule has 0 unspecified atom stereocenters. The predicted octanol–water partition coefficient (Wildman–Crippen LogP) is 9.69. The molecule has 0 aliphatic carbocycles. The van der Waals surface area contributed by atoms with Crippen LogP contribution in [0.1, 0.15) is 111 Å². The van der Waals surface area contributed by atoms with Gasteiger partial charge in [0.15, 0.2) is 0 Å². The average Bonchev–Trinajstić information content (AvgIpc) is 3.01. The van der Waals surface area contributed by atoms with Gasteiger partial charge in [-0.05, 0) is 72.9 Å². The van der Waals surface area contributed by atoms with E-state index in [1.807, 2.05) is 24.3 Å². The van der Waals surface area contributed by atoms with Crippen LogP contribution in [0, 0.1) is 12.7 Å². The second-order valence-electron chi connectivity index (χ2n) is 10.4. The first-order valence-electron chi connectivity index (χ1n) is 15.2. The van der Waals surface area contributed by atoms with Gasteiger partial charge < -0.3 is 14.3 Å². The molecule has 3 aromatic rings. The first-order chi connectivity index (χ1) is 20.4. The summed E-state index contributed by atoms with van der Waals surface area (Å²) in [5.74, 6) is -1.01. The van der Waals surface area contributed by atoms with Gasteiger partial charge in [-0.2, -0.15) is 0 Å². The number of rotatable bonds is 16. The maximum atomic E-state index is 13.7. The monoisotopic (exact) mass is 576 g/mol. The quantitative estimate of drug-likeness (QED) is 0.0735. The molecule has 5 nitrogen and oxygen atoms in total. The highest BCUT2D eigenvalue weighted by atomic mass is 19.1. The fourth-order valence-electron chi connectivity index (χ4n) is 4.19. The van der Waals surface area contributed by atoms with Crippen LogP contribution >= 0.6 is 0 Å². The van der Waals surface area contributed by atoms with E-state index in [-0.39, 0.29) is 11.5 Å². The molecule has 0 amide bonds. The highest BCUT2D eigenvalue weighted by Gasteiger charge is 2.12. The van der Waals surface area contributed by atoms with Gasteiger partial charge in [0, 0.05) is 6.42 Å². The van der Waals surface area contributed by atoms with Crippen LogP contribution in [-0.2, 0) is 9.53 Å². The largest absolute Gasteiger partial charge is 0.462 e. The molecule has 0 aliphatic rings. The van der Waals surface area contributed by atoms with Gasteiger partial charge in [0.25, 0.3) is 0 Å². The summed E-state index contributed by atoms with van der Waals surface area (Å²) in [6.07, 6.45) is 13.4. The molecule has 0 saturated carbocycles. The van der Waals surface area contributed by atoms with E-state index in [2.05, 4.69) is 13.8 Å². The third kappa shape index (κ3) is 12.8. The Kier molecular flexibility index (Phi) is 16.5. The number of benzene rings is 3. The van der Waals surface area contributed by atoms with E-state index in [0.29, 0.717) is 23.5 Å². The van der Waals surface area contributed by atoms with Crippen molar-refractivity contribution in [3.8, 4) is 16.9 Å². The molecule has 3 rings (SSSR count). The van der Waals surface area contributed by atoms with E-state index in [9.17, 15) is 18.8 Å². The van der Waals surface area contributed by atoms with Crippen LogP contribution in [-0.4, -0.2) is 24.8 Å². The van der Waals surface area contributed by atoms with Crippen molar-refractivity contribution < 1.29 is 28.2 Å². The zero-order chi connectivity index (χ0) is 30.6. The molecule has 0 radical (unpaired) electrons. The van der Waals surface area contributed by atoms with Crippen molar-refractivity contribution in [3.05, 3.63) is 89.2 Å². The molecule has 0 aliphatic heterocycles. The van der Waals surface area contributed by atoms with Gasteiger partial charge in [0.05, 0.1) is 17.7 Å². The van der Waals surface area contributed by atoms with E-state index in [1.54, 1.807) is 37.3 Å². The topological polar surface area (TPSA) is 69.7 Å². The Labute approximate surface area is 250 Å². The lowest BCUT2D eigenvalue weighted by Gasteiger charge is -2.08. The smallest absolute Gasteiger partial charge is 0.343 e. The van der Waals surface area contributed by atoms with Crippen LogP contribution in [0.5, 0.6) is 5.75 Å². The predicted molar refractivity (Wildman–Crippen MR) is 166 cm³/mol. The van der Waals surface area contributed by atoms with Gasteiger partial charge in [0.2, 0.25) is 0 Å². The third-order valence-electron chi connectivity index (χ3n) is 6.83. The Bertz CT molecular complexity index is 1220. The molecule has 6 heteroatoms. The summed E-state index contributed by atoms with van der Waals surface area (Å²) in [5.41, 5.74) is 2.98. The van der Waals surface area contributed by atoms with Crippen LogP contribution in [0.25, 0.3) is 11.1 Å². The first-order valence-corrected chi connectivity index (χ1v) is 15.2. The number of aldehydes is 1. The lowest BCUT2D eigenvalue weighted by Crippen LogP contribution is -2.09. The summed E-state index contributed by atoms with van der Waals surface area (Å²) in [6.45, 7) is 6.44. The number of unbranched alkanes of at least 4 members (excludes halogenated alkanes) is 9. The molecule has 0 spiro atoms. The summed E-state index contributed by atoms with van der Waals surface area (Å²) >= 11 is 0. The van der Waals surface area contributed by atoms with Crippen molar-refractivity contribution in [1.82, 2.24) is 0 Å². The Hall–Kier alpha value is -3.80. The molecular weight excluding hydrogens is 531 g/mol. The minimum atomic E-state index is -0.615. The maximum absolute atomic E-state index is 13.7. The molecule has 0 bridgehead atoms. The Morgan fingerprint density at radius 1 is 0.690 bits per heavy atom. The van der Waals surface area contributed by atoms with Gasteiger partial charge in [-0.15, -0.1) is 0 Å². The summed E-state index contributed by atoms with van der Waals surface area (Å²) in [6, 6.07) is 18.5. The van der Waals surface area contributed by atoms with E-state index in [4.69, 9.17) is 9.47 Å². The molecule has 0 N–H and O–H groups in total. The molecule has 0 fully saturated rings. The zero-order valence-corrected chi connectivity index (χ0v) is 25.3. The molecule has 0 heterocycles. The molecule has 0 aromatic heterocycles. The van der Waals surface area contributed by atoms with Gasteiger partial charge in [-0.3, -0.25) is 0 Å². The first kappa shape index (κ1) is 34.4. The van der Waals surface area contributed by atoms with E-state index < -0.39 is 11.8 Å². The van der Waals surface area contributed by atoms with Crippen molar-refractivity contribution in [3.63, 3.8) is 0 Å². The minimum Gasteiger partial charge on any atom is -0.462 e. The second kappa shape index (κ2) is 20.1. The molecule has 0 saturated heterocycles. The fourth-order valence-corrected chi connectivity index (χ4v) is 4.19. The fraction of sp³-hybridized carbons (Fsp3) is 0.417. The van der Waals surface area contributed by atoms with Crippen LogP contribution in [0.3, 0.4) is 0 Å². The number of esters is 2. The Morgan fingerprint density at radius 2 is 1.24 bits per heavy atom. The number of carbonyl (C=O) groups excluding carboxylic acids is 3. The van der Waals surface area contributed by atoms with Crippen molar-refractivity contribution >= 4 is 18.2 Å². The molecular formula is C36H45FO5. The number of aryl methyl sites for hydroxylation is 1. The van der Waals surface area contributed by atoms with Crippen molar-refractivity contribution in [2.45, 2.75) is 91.4 Å². The Balaban J connectivity index is 0.000000675. The number of hydrogen-bond donors (Lipinski definition) is 0. The summed E-state index contributed by atoms with van der Waals surface area (Å²) in [4.78, 5) is 34.3. The number of carbonyl (C=O) groups is 3. The molecule has 0 atom stereocenters. The molecule has 226 valence electrons. The lowest BCUT2D eigenvalue weighted by molar-refractivity contribution is -0.107. The second-order valence-corrected chi connectivity index (χ2v) is 10.4. The number of hydrogen-bond acceptors (Lipinski definition) is 5. The number of ether oxygens (including phenoxy) is 2. The SMILES string of the molecule is CCCCCCC=O.CCCCCCCCOC(=O)c1ccc(-c2ccc(OC(=O)c3ccc(C)c(F)c3)cc2)cc1. The standard InChI is InChI=1S/C29H31FO4.C7H14O/c1-3-4-5-6-7-8-19-33-28(31)24-13-11-22(12-14-24)23-15-17-26(18-16-23)34-29(32)25-10-9-21(2)27(30)20-25;1-2-3-4-5-6-7-8/h9-18,20H,3-8,19H2,1-2H3;7H,2-6H2,1H3. The van der Waals surface area contributed by atoms with Gasteiger partial charge in [0.1, 0.15) is 17.9 Å². The minimum absolute atomic E-state index is 0.158. The molecule has 42 heavy (non-hydrogen) atoms. The van der Waals surface area contributed by atoms with Crippen molar-refractivity contribution in [2.75, 3.05) is 6.61 Å². The highest BCUT2D eigenvalue weighted by molar-refractivity contribution is 5.91. The van der Waals surface area contributed by atoms with Gasteiger partial charge in [-0.25, -0.2) is 14.0 Å². The molecule has 3 aromatic carbocycles. The van der Waals surface area contributed by atoms with E-state index in [1.165, 1.54) is 57.1 Å². The van der Waals surface area contributed by atoms with Gasteiger partial charge in [-0.1, -0.05) is 95.5 Å². The van der Waals surface area contributed by atoms with Crippen LogP contribution in [0.4, 0.5) is 4.39 Å². The summed E-state index contributed by atoms with van der Waals surface area (Å²) in [7, 11) is 0. The van der Waals surface area contributed by atoms with E-state index in [0.717, 1.165) is 43.1 Å². The van der Waals surface area contributed by atoms with Crippen LogP contribution < -0.4 is 4.74 Å². The normalized spacial score (nSPS) is 10.4. The third-order valence-corrected chi connectivity index (χ3v) is 6.83.